The summed E-state index contributed by atoms with van der Waals surface area (Å²) in [6.07, 6.45) is 7.80. The lowest BCUT2D eigenvalue weighted by molar-refractivity contribution is 0.0452. The van der Waals surface area contributed by atoms with Crippen LogP contribution in [0.4, 0.5) is 0 Å². The van der Waals surface area contributed by atoms with Crippen LogP contribution in [-0.4, -0.2) is 82.5 Å². The van der Waals surface area contributed by atoms with E-state index >= 15 is 0 Å². The average Bonchev–Trinajstić information content (AvgIpc) is 2.80. The number of carbonyl (C=O) groups excluding carboxylic acids is 1. The van der Waals surface area contributed by atoms with Gasteiger partial charge in [-0.25, -0.2) is 4.98 Å². The van der Waals surface area contributed by atoms with Gasteiger partial charge in [-0.3, -0.25) is 19.1 Å². The molecule has 1 aromatic heterocycles. The van der Waals surface area contributed by atoms with Gasteiger partial charge in [0.05, 0.1) is 10.9 Å². The van der Waals surface area contributed by atoms with Crippen molar-refractivity contribution in [2.75, 3.05) is 46.3 Å². The highest BCUT2D eigenvalue weighted by Crippen LogP contribution is 2.20. The number of amides is 1. The van der Waals surface area contributed by atoms with E-state index < -0.39 is 0 Å². The Bertz CT molecular complexity index is 1040. The van der Waals surface area contributed by atoms with Gasteiger partial charge in [-0.05, 0) is 57.5 Å². The van der Waals surface area contributed by atoms with Crippen LogP contribution in [0.3, 0.4) is 0 Å². The van der Waals surface area contributed by atoms with Gasteiger partial charge in [0.2, 0.25) is 0 Å². The second kappa shape index (κ2) is 9.32. The van der Waals surface area contributed by atoms with Crippen LogP contribution >= 0.6 is 0 Å². The van der Waals surface area contributed by atoms with Crippen LogP contribution in [0.25, 0.3) is 10.9 Å². The summed E-state index contributed by atoms with van der Waals surface area (Å²) < 4.78 is 1.85. The molecule has 0 N–H and O–H groups in total. The molecule has 32 heavy (non-hydrogen) atoms. The summed E-state index contributed by atoms with van der Waals surface area (Å²) in [5, 5.41) is 0.622. The minimum atomic E-state index is 0.0389. The molecule has 0 radical (unpaired) electrons. The van der Waals surface area contributed by atoms with E-state index in [-0.39, 0.29) is 11.5 Å². The summed E-state index contributed by atoms with van der Waals surface area (Å²) in [6.45, 7) is 6.46. The van der Waals surface area contributed by atoms with E-state index in [2.05, 4.69) is 16.8 Å². The zero-order valence-corrected chi connectivity index (χ0v) is 19.3. The van der Waals surface area contributed by atoms with Crippen molar-refractivity contribution in [1.29, 1.82) is 0 Å². The maximum Gasteiger partial charge on any atom is 0.261 e. The quantitative estimate of drug-likeness (QED) is 0.722. The lowest BCUT2D eigenvalue weighted by Crippen LogP contribution is -2.55. The van der Waals surface area contributed by atoms with Gasteiger partial charge in [0.1, 0.15) is 5.82 Å². The van der Waals surface area contributed by atoms with E-state index in [1.165, 1.54) is 32.2 Å². The standard InChI is InChI=1S/C25H35N5O2/c1-27-11-6-7-20(18-27)28-13-15-29(16-14-28)24(31)19-9-10-21-22(17-19)26-23-8-4-2-3-5-12-30(23)25(21)32/h9-10,17,20H,2-8,11-16,18H2,1H3. The largest absolute Gasteiger partial charge is 0.336 e. The summed E-state index contributed by atoms with van der Waals surface area (Å²) in [6, 6.07) is 6.06. The zero-order valence-electron chi connectivity index (χ0n) is 19.3. The van der Waals surface area contributed by atoms with Gasteiger partial charge >= 0.3 is 0 Å². The summed E-state index contributed by atoms with van der Waals surface area (Å²) in [7, 11) is 2.20. The Morgan fingerprint density at radius 2 is 1.78 bits per heavy atom. The first kappa shape index (κ1) is 21.6. The average molecular weight is 438 g/mol. The molecule has 2 saturated heterocycles. The predicted molar refractivity (Wildman–Crippen MR) is 126 cm³/mol. The summed E-state index contributed by atoms with van der Waals surface area (Å²) in [5.74, 6) is 0.929. The Kier molecular flexibility index (Phi) is 6.28. The third kappa shape index (κ3) is 4.33. The van der Waals surface area contributed by atoms with Crippen LogP contribution in [0.5, 0.6) is 0 Å². The Hall–Kier alpha value is -2.25. The summed E-state index contributed by atoms with van der Waals surface area (Å²) >= 11 is 0. The van der Waals surface area contributed by atoms with E-state index in [9.17, 15) is 9.59 Å². The molecule has 3 aliphatic rings. The molecule has 7 heteroatoms. The van der Waals surface area contributed by atoms with E-state index in [4.69, 9.17) is 4.98 Å². The molecular weight excluding hydrogens is 402 g/mol. The van der Waals surface area contributed by atoms with Crippen LogP contribution < -0.4 is 5.56 Å². The number of nitrogens with zero attached hydrogens (tertiary/aromatic N) is 5. The third-order valence-corrected chi connectivity index (χ3v) is 7.53. The fourth-order valence-corrected chi connectivity index (χ4v) is 5.64. The van der Waals surface area contributed by atoms with E-state index in [1.807, 2.05) is 21.6 Å². The maximum absolute atomic E-state index is 13.2. The molecule has 2 fully saturated rings. The molecule has 1 unspecified atom stereocenters. The number of piperidine rings is 1. The molecule has 4 heterocycles. The lowest BCUT2D eigenvalue weighted by Gasteiger charge is -2.42. The van der Waals surface area contributed by atoms with Gasteiger partial charge in [-0.15, -0.1) is 0 Å². The molecule has 1 amide bonds. The van der Waals surface area contributed by atoms with Gasteiger partial charge < -0.3 is 9.80 Å². The highest BCUT2D eigenvalue weighted by molar-refractivity contribution is 5.97. The normalized spacial score (nSPS) is 23.5. The van der Waals surface area contributed by atoms with Crippen molar-refractivity contribution in [3.05, 3.63) is 39.9 Å². The van der Waals surface area contributed by atoms with Gasteiger partial charge in [0.15, 0.2) is 0 Å². The van der Waals surface area contributed by atoms with Crippen molar-refractivity contribution in [3.63, 3.8) is 0 Å². The highest BCUT2D eigenvalue weighted by atomic mass is 16.2. The molecule has 7 nitrogen and oxygen atoms in total. The number of hydrogen-bond acceptors (Lipinski definition) is 5. The van der Waals surface area contributed by atoms with Crippen molar-refractivity contribution < 1.29 is 4.79 Å². The molecule has 0 spiro atoms. The zero-order chi connectivity index (χ0) is 22.1. The van der Waals surface area contributed by atoms with Crippen LogP contribution in [0, 0.1) is 0 Å². The first-order valence-electron chi connectivity index (χ1n) is 12.4. The third-order valence-electron chi connectivity index (χ3n) is 7.53. The molecular formula is C25H35N5O2. The topological polar surface area (TPSA) is 61.7 Å². The van der Waals surface area contributed by atoms with Crippen molar-refractivity contribution >= 4 is 16.8 Å². The highest BCUT2D eigenvalue weighted by Gasteiger charge is 2.29. The number of hydrogen-bond donors (Lipinski definition) is 0. The minimum Gasteiger partial charge on any atom is -0.336 e. The number of likely N-dealkylation sites (tertiary alicyclic amines) is 1. The van der Waals surface area contributed by atoms with E-state index in [0.29, 0.717) is 22.5 Å². The number of likely N-dealkylation sites (N-methyl/N-ethyl adjacent to an activating group) is 1. The smallest absolute Gasteiger partial charge is 0.261 e. The molecule has 3 aliphatic heterocycles. The Morgan fingerprint density at radius 3 is 2.59 bits per heavy atom. The van der Waals surface area contributed by atoms with Crippen LogP contribution in [0.1, 0.15) is 54.7 Å². The second-order valence-electron chi connectivity index (χ2n) is 9.77. The molecule has 5 rings (SSSR count). The van der Waals surface area contributed by atoms with Gasteiger partial charge in [-0.1, -0.05) is 12.8 Å². The fraction of sp³-hybridized carbons (Fsp3) is 0.640. The molecule has 1 aromatic carbocycles. The van der Waals surface area contributed by atoms with Gasteiger partial charge in [0.25, 0.3) is 11.5 Å². The number of aromatic nitrogens is 2. The number of aryl methyl sites for hydroxylation is 1. The number of benzene rings is 1. The van der Waals surface area contributed by atoms with Crippen LogP contribution in [0.15, 0.2) is 23.0 Å². The van der Waals surface area contributed by atoms with Crippen molar-refractivity contribution in [3.8, 4) is 0 Å². The monoisotopic (exact) mass is 437 g/mol. The first-order chi connectivity index (χ1) is 15.6. The van der Waals surface area contributed by atoms with Crippen LogP contribution in [-0.2, 0) is 13.0 Å². The number of fused-ring (bicyclic) bond motifs is 2. The molecule has 0 saturated carbocycles. The van der Waals surface area contributed by atoms with E-state index in [1.54, 1.807) is 6.07 Å². The first-order valence-corrected chi connectivity index (χ1v) is 12.4. The SMILES string of the molecule is CN1CCCC(N2CCN(C(=O)c3ccc4c(=O)n5c(nc4c3)CCCCCC5)CC2)C1. The minimum absolute atomic E-state index is 0.0389. The number of rotatable bonds is 2. The number of carbonyl (C=O) groups is 1. The van der Waals surface area contributed by atoms with Gasteiger partial charge in [0, 0.05) is 57.3 Å². The predicted octanol–water partition coefficient (Wildman–Crippen LogP) is 2.37. The fourth-order valence-electron chi connectivity index (χ4n) is 5.64. The summed E-state index contributed by atoms with van der Waals surface area (Å²) in [5.41, 5.74) is 1.35. The van der Waals surface area contributed by atoms with Crippen LogP contribution in [0.2, 0.25) is 0 Å². The molecule has 0 bridgehead atoms. The van der Waals surface area contributed by atoms with Gasteiger partial charge in [-0.2, -0.15) is 0 Å². The molecule has 172 valence electrons. The van der Waals surface area contributed by atoms with Crippen molar-refractivity contribution in [2.24, 2.45) is 0 Å². The lowest BCUT2D eigenvalue weighted by atomic mass is 10.0. The molecule has 2 aromatic rings. The molecule has 0 aliphatic carbocycles. The van der Waals surface area contributed by atoms with Crippen molar-refractivity contribution in [2.45, 2.75) is 57.5 Å². The van der Waals surface area contributed by atoms with E-state index in [0.717, 1.165) is 64.4 Å². The Morgan fingerprint density at radius 1 is 0.969 bits per heavy atom. The second-order valence-corrected chi connectivity index (χ2v) is 9.77. The Labute approximate surface area is 190 Å². The maximum atomic E-state index is 13.2. The Balaban J connectivity index is 1.32. The van der Waals surface area contributed by atoms with Crippen molar-refractivity contribution in [1.82, 2.24) is 24.3 Å². The summed E-state index contributed by atoms with van der Waals surface area (Å²) in [4.78, 5) is 38.0. The number of piperazine rings is 1. The molecule has 1 atom stereocenters.